The Morgan fingerprint density at radius 2 is 1.87 bits per heavy atom. The van der Waals surface area contributed by atoms with E-state index in [1.807, 2.05) is 18.2 Å². The zero-order valence-corrected chi connectivity index (χ0v) is 12.9. The van der Waals surface area contributed by atoms with E-state index in [2.05, 4.69) is 57.6 Å². The minimum Gasteiger partial charge on any atom is -0.323 e. The maximum atomic E-state index is 6.32. The number of H-pyrrole nitrogens is 1. The van der Waals surface area contributed by atoms with Crippen LogP contribution in [-0.4, -0.2) is 21.6 Å². The van der Waals surface area contributed by atoms with Crippen molar-refractivity contribution in [2.45, 2.75) is 19.1 Å². The molecule has 0 spiro atoms. The van der Waals surface area contributed by atoms with Gasteiger partial charge >= 0.3 is 0 Å². The Labute approximate surface area is 135 Å². The van der Waals surface area contributed by atoms with Crippen LogP contribution < -0.4 is 5.73 Å². The molecular weight excluding hydrogens is 284 g/mol. The highest BCUT2D eigenvalue weighted by molar-refractivity contribution is 5.58. The van der Waals surface area contributed by atoms with E-state index >= 15 is 0 Å². The predicted octanol–water partition coefficient (Wildman–Crippen LogP) is 3.09. The third kappa shape index (κ3) is 2.91. The maximum absolute atomic E-state index is 6.32. The normalized spacial score (nSPS) is 17.9. The molecule has 1 atom stereocenters. The minimum absolute atomic E-state index is 0.0801. The van der Waals surface area contributed by atoms with Crippen LogP contribution in [0.15, 0.2) is 60.7 Å². The highest BCUT2D eigenvalue weighted by atomic mass is 15.2. The molecule has 4 nitrogen and oxygen atoms in total. The van der Waals surface area contributed by atoms with Crippen LogP contribution in [0.3, 0.4) is 0 Å². The minimum atomic E-state index is 0.0801. The molecule has 1 aromatic heterocycles. The molecule has 0 saturated carbocycles. The summed E-state index contributed by atoms with van der Waals surface area (Å²) in [6.45, 7) is 2.64. The van der Waals surface area contributed by atoms with Crippen molar-refractivity contribution in [2.24, 2.45) is 5.73 Å². The number of rotatable bonds is 3. The molecule has 0 fully saturated rings. The van der Waals surface area contributed by atoms with Crippen molar-refractivity contribution in [2.75, 3.05) is 6.54 Å². The van der Waals surface area contributed by atoms with E-state index in [1.165, 1.54) is 11.1 Å². The van der Waals surface area contributed by atoms with Gasteiger partial charge in [-0.15, -0.1) is 0 Å². The van der Waals surface area contributed by atoms with Crippen molar-refractivity contribution in [3.63, 3.8) is 0 Å². The van der Waals surface area contributed by atoms with Crippen LogP contribution in [0.25, 0.3) is 11.3 Å². The van der Waals surface area contributed by atoms with Crippen LogP contribution in [-0.2, 0) is 13.1 Å². The van der Waals surface area contributed by atoms with E-state index < -0.39 is 0 Å². The Morgan fingerprint density at radius 3 is 2.74 bits per heavy atom. The number of aromatic nitrogens is 2. The molecule has 4 rings (SSSR count). The second-order valence-corrected chi connectivity index (χ2v) is 6.12. The SMILES string of the molecule is NC1CN(Cc2cc(-c3ccccc3)n[nH]2)Cc2ccccc21. The lowest BCUT2D eigenvalue weighted by atomic mass is 9.96. The van der Waals surface area contributed by atoms with E-state index in [4.69, 9.17) is 5.73 Å². The summed E-state index contributed by atoms with van der Waals surface area (Å²) in [6.07, 6.45) is 0. The van der Waals surface area contributed by atoms with Gasteiger partial charge in [-0.3, -0.25) is 10.00 Å². The van der Waals surface area contributed by atoms with Crippen LogP contribution in [0.4, 0.5) is 0 Å². The smallest absolute Gasteiger partial charge is 0.0924 e. The summed E-state index contributed by atoms with van der Waals surface area (Å²) < 4.78 is 0. The highest BCUT2D eigenvalue weighted by Crippen LogP contribution is 2.26. The quantitative estimate of drug-likeness (QED) is 0.782. The van der Waals surface area contributed by atoms with Gasteiger partial charge in [0.2, 0.25) is 0 Å². The van der Waals surface area contributed by atoms with Crippen LogP contribution in [0.5, 0.6) is 0 Å². The summed E-state index contributed by atoms with van der Waals surface area (Å²) in [4.78, 5) is 2.37. The number of nitrogens with two attached hydrogens (primary N) is 1. The van der Waals surface area contributed by atoms with E-state index in [1.54, 1.807) is 0 Å². The molecule has 1 aliphatic heterocycles. The van der Waals surface area contributed by atoms with E-state index in [0.717, 1.165) is 36.6 Å². The summed E-state index contributed by atoms with van der Waals surface area (Å²) in [5, 5.41) is 7.59. The third-order valence-electron chi connectivity index (χ3n) is 4.40. The number of nitrogens with one attached hydrogen (secondary N) is 1. The molecule has 2 heterocycles. The molecule has 116 valence electrons. The zero-order chi connectivity index (χ0) is 15.6. The summed E-state index contributed by atoms with van der Waals surface area (Å²) in [5.41, 5.74) is 12.2. The molecule has 2 aromatic carbocycles. The predicted molar refractivity (Wildman–Crippen MR) is 91.5 cm³/mol. The Kier molecular flexibility index (Phi) is 3.69. The first kappa shape index (κ1) is 14.2. The molecule has 0 radical (unpaired) electrons. The first-order valence-electron chi connectivity index (χ1n) is 7.95. The van der Waals surface area contributed by atoms with Gasteiger partial charge in [0.25, 0.3) is 0 Å². The fourth-order valence-corrected chi connectivity index (χ4v) is 3.28. The van der Waals surface area contributed by atoms with E-state index in [-0.39, 0.29) is 6.04 Å². The third-order valence-corrected chi connectivity index (χ3v) is 4.40. The van der Waals surface area contributed by atoms with E-state index in [9.17, 15) is 0 Å². The molecular formula is C19H20N4. The Morgan fingerprint density at radius 1 is 1.09 bits per heavy atom. The number of hydrogen-bond acceptors (Lipinski definition) is 3. The number of hydrogen-bond donors (Lipinski definition) is 2. The first-order chi connectivity index (χ1) is 11.3. The van der Waals surface area contributed by atoms with Gasteiger partial charge in [0, 0.05) is 36.9 Å². The van der Waals surface area contributed by atoms with Gasteiger partial charge in [-0.05, 0) is 17.2 Å². The summed E-state index contributed by atoms with van der Waals surface area (Å²) in [6, 6.07) is 20.9. The fourth-order valence-electron chi connectivity index (χ4n) is 3.28. The van der Waals surface area contributed by atoms with Gasteiger partial charge in [0.05, 0.1) is 5.69 Å². The van der Waals surface area contributed by atoms with Gasteiger partial charge in [-0.1, -0.05) is 54.6 Å². The van der Waals surface area contributed by atoms with Crippen molar-refractivity contribution in [3.05, 3.63) is 77.5 Å². The molecule has 1 aliphatic rings. The second kappa shape index (κ2) is 5.99. The zero-order valence-electron chi connectivity index (χ0n) is 12.9. The molecule has 1 unspecified atom stereocenters. The molecule has 4 heteroatoms. The lowest BCUT2D eigenvalue weighted by Crippen LogP contribution is -2.36. The van der Waals surface area contributed by atoms with Crippen LogP contribution >= 0.6 is 0 Å². The van der Waals surface area contributed by atoms with E-state index in [0.29, 0.717) is 0 Å². The Hall–Kier alpha value is -2.43. The Balaban J connectivity index is 1.51. The van der Waals surface area contributed by atoms with Gasteiger partial charge in [-0.25, -0.2) is 0 Å². The Bertz CT molecular complexity index is 794. The second-order valence-electron chi connectivity index (χ2n) is 6.12. The highest BCUT2D eigenvalue weighted by Gasteiger charge is 2.22. The molecule has 0 saturated heterocycles. The van der Waals surface area contributed by atoms with Crippen molar-refractivity contribution in [3.8, 4) is 11.3 Å². The van der Waals surface area contributed by atoms with Gasteiger partial charge < -0.3 is 5.73 Å². The number of nitrogens with zero attached hydrogens (tertiary/aromatic N) is 2. The fraction of sp³-hybridized carbons (Fsp3) is 0.211. The van der Waals surface area contributed by atoms with Gasteiger partial charge in [-0.2, -0.15) is 5.10 Å². The largest absolute Gasteiger partial charge is 0.323 e. The van der Waals surface area contributed by atoms with Crippen LogP contribution in [0.1, 0.15) is 22.9 Å². The lowest BCUT2D eigenvalue weighted by Gasteiger charge is -2.32. The molecule has 0 bridgehead atoms. The van der Waals surface area contributed by atoms with Crippen molar-refractivity contribution in [1.29, 1.82) is 0 Å². The van der Waals surface area contributed by atoms with Gasteiger partial charge in [0.15, 0.2) is 0 Å². The topological polar surface area (TPSA) is 57.9 Å². The summed E-state index contributed by atoms with van der Waals surface area (Å²) >= 11 is 0. The lowest BCUT2D eigenvalue weighted by molar-refractivity contribution is 0.220. The maximum Gasteiger partial charge on any atom is 0.0924 e. The van der Waals surface area contributed by atoms with Crippen molar-refractivity contribution in [1.82, 2.24) is 15.1 Å². The monoisotopic (exact) mass is 304 g/mol. The molecule has 0 aliphatic carbocycles. The number of benzene rings is 2. The molecule has 0 amide bonds. The molecule has 23 heavy (non-hydrogen) atoms. The van der Waals surface area contributed by atoms with Crippen molar-refractivity contribution < 1.29 is 0 Å². The average Bonchev–Trinajstić information content (AvgIpc) is 3.04. The number of fused-ring (bicyclic) bond motifs is 1. The van der Waals surface area contributed by atoms with Crippen molar-refractivity contribution >= 4 is 0 Å². The summed E-state index contributed by atoms with van der Waals surface area (Å²) in [7, 11) is 0. The molecule has 3 aromatic rings. The first-order valence-corrected chi connectivity index (χ1v) is 7.95. The standard InChI is InChI=1S/C19H20N4/c20-18-13-23(11-15-8-4-5-9-17(15)18)12-16-10-19(22-21-16)14-6-2-1-3-7-14/h1-10,18H,11-13,20H2,(H,21,22). The summed E-state index contributed by atoms with van der Waals surface area (Å²) in [5.74, 6) is 0. The molecule has 3 N–H and O–H groups in total. The average molecular weight is 304 g/mol. The number of aromatic amines is 1. The van der Waals surface area contributed by atoms with Gasteiger partial charge in [0.1, 0.15) is 0 Å². The van der Waals surface area contributed by atoms with Crippen LogP contribution in [0.2, 0.25) is 0 Å². The van der Waals surface area contributed by atoms with Crippen LogP contribution in [0, 0.1) is 0 Å².